The van der Waals surface area contributed by atoms with Gasteiger partial charge in [-0.1, -0.05) is 31.9 Å². The molecule has 3 heteroatoms. The van der Waals surface area contributed by atoms with Crippen molar-refractivity contribution in [2.24, 2.45) is 17.1 Å². The van der Waals surface area contributed by atoms with Gasteiger partial charge >= 0.3 is 0 Å². The van der Waals surface area contributed by atoms with Gasteiger partial charge in [0.2, 0.25) is 0 Å². The number of nitrogens with two attached hydrogens (primary N) is 1. The van der Waals surface area contributed by atoms with Crippen LogP contribution in [0.15, 0.2) is 12.1 Å². The van der Waals surface area contributed by atoms with Gasteiger partial charge in [0.15, 0.2) is 0 Å². The molecular formula is C12H18ClNS. The molecule has 1 aliphatic rings. The highest BCUT2D eigenvalue weighted by Crippen LogP contribution is 2.48. The standard InChI is InChI=1S/C12H18ClNS/c1-12(2)7-3-4-8(12)11(14)9-5-6-10(13)15-9/h5-6,8,11H,3-4,7,14H2,1-2H3. The van der Waals surface area contributed by atoms with E-state index in [0.29, 0.717) is 11.3 Å². The van der Waals surface area contributed by atoms with E-state index in [0.717, 1.165) is 4.34 Å². The summed E-state index contributed by atoms with van der Waals surface area (Å²) in [6, 6.07) is 4.19. The lowest BCUT2D eigenvalue weighted by atomic mass is 9.77. The second-order valence-corrected chi connectivity index (χ2v) is 6.90. The third-order valence-electron chi connectivity index (χ3n) is 3.70. The van der Waals surface area contributed by atoms with Gasteiger partial charge in [-0.2, -0.15) is 0 Å². The first-order chi connectivity index (χ1) is 7.00. The van der Waals surface area contributed by atoms with Crippen molar-refractivity contribution in [2.45, 2.75) is 39.2 Å². The van der Waals surface area contributed by atoms with Crippen LogP contribution in [0.2, 0.25) is 4.34 Å². The number of hydrogen-bond donors (Lipinski definition) is 1. The SMILES string of the molecule is CC1(C)CCCC1C(N)c1ccc(Cl)s1. The van der Waals surface area contributed by atoms with Crippen LogP contribution in [0.4, 0.5) is 0 Å². The van der Waals surface area contributed by atoms with Gasteiger partial charge in [-0.25, -0.2) is 0 Å². The van der Waals surface area contributed by atoms with E-state index in [1.54, 1.807) is 11.3 Å². The van der Waals surface area contributed by atoms with E-state index < -0.39 is 0 Å². The molecular weight excluding hydrogens is 226 g/mol. The van der Waals surface area contributed by atoms with E-state index >= 15 is 0 Å². The minimum absolute atomic E-state index is 0.167. The van der Waals surface area contributed by atoms with Crippen molar-refractivity contribution in [3.8, 4) is 0 Å². The molecule has 1 aromatic heterocycles. The summed E-state index contributed by atoms with van der Waals surface area (Å²) >= 11 is 7.57. The molecule has 2 atom stereocenters. The molecule has 1 nitrogen and oxygen atoms in total. The van der Waals surface area contributed by atoms with Crippen molar-refractivity contribution in [3.63, 3.8) is 0 Å². The molecule has 1 heterocycles. The molecule has 1 saturated carbocycles. The molecule has 1 fully saturated rings. The summed E-state index contributed by atoms with van der Waals surface area (Å²) in [6.07, 6.45) is 3.86. The zero-order valence-electron chi connectivity index (χ0n) is 9.29. The summed E-state index contributed by atoms with van der Waals surface area (Å²) in [5.41, 5.74) is 6.73. The molecule has 2 N–H and O–H groups in total. The molecule has 1 aliphatic carbocycles. The molecule has 0 spiro atoms. The van der Waals surface area contributed by atoms with Crippen LogP contribution in [0.3, 0.4) is 0 Å². The van der Waals surface area contributed by atoms with Crippen LogP contribution in [0.25, 0.3) is 0 Å². The quantitative estimate of drug-likeness (QED) is 0.827. The number of rotatable bonds is 2. The zero-order valence-corrected chi connectivity index (χ0v) is 10.9. The maximum Gasteiger partial charge on any atom is 0.0931 e. The van der Waals surface area contributed by atoms with Crippen LogP contribution >= 0.6 is 22.9 Å². The van der Waals surface area contributed by atoms with Crippen molar-refractivity contribution < 1.29 is 0 Å². The lowest BCUT2D eigenvalue weighted by Gasteiger charge is -2.31. The highest BCUT2D eigenvalue weighted by molar-refractivity contribution is 7.16. The van der Waals surface area contributed by atoms with Gasteiger partial charge < -0.3 is 5.73 Å². The van der Waals surface area contributed by atoms with Crippen molar-refractivity contribution in [1.29, 1.82) is 0 Å². The largest absolute Gasteiger partial charge is 0.323 e. The average Bonchev–Trinajstić information content (AvgIpc) is 2.70. The lowest BCUT2D eigenvalue weighted by Crippen LogP contribution is -2.28. The Morgan fingerprint density at radius 2 is 2.27 bits per heavy atom. The van der Waals surface area contributed by atoms with Gasteiger partial charge in [-0.15, -0.1) is 11.3 Å². The Hall–Kier alpha value is -0.0500. The van der Waals surface area contributed by atoms with Crippen LogP contribution in [0.1, 0.15) is 44.0 Å². The van der Waals surface area contributed by atoms with Gasteiger partial charge in [-0.3, -0.25) is 0 Å². The van der Waals surface area contributed by atoms with Crippen LogP contribution in [-0.4, -0.2) is 0 Å². The predicted octanol–water partition coefficient (Wildman–Crippen LogP) is 4.23. The molecule has 2 unspecified atom stereocenters. The van der Waals surface area contributed by atoms with E-state index in [9.17, 15) is 0 Å². The third kappa shape index (κ3) is 2.22. The van der Waals surface area contributed by atoms with Crippen molar-refractivity contribution >= 4 is 22.9 Å². The minimum atomic E-state index is 0.167. The third-order valence-corrected chi connectivity index (χ3v) is 5.03. The molecule has 0 bridgehead atoms. The topological polar surface area (TPSA) is 26.0 Å². The Morgan fingerprint density at radius 3 is 2.73 bits per heavy atom. The van der Waals surface area contributed by atoms with E-state index in [1.165, 1.54) is 24.1 Å². The Balaban J connectivity index is 2.17. The van der Waals surface area contributed by atoms with Crippen LogP contribution in [0.5, 0.6) is 0 Å². The summed E-state index contributed by atoms with van der Waals surface area (Å²) in [4.78, 5) is 1.24. The molecule has 15 heavy (non-hydrogen) atoms. The van der Waals surface area contributed by atoms with Gasteiger partial charge in [-0.05, 0) is 36.3 Å². The molecule has 84 valence electrons. The van der Waals surface area contributed by atoms with E-state index in [-0.39, 0.29) is 6.04 Å². The number of thiophene rings is 1. The fourth-order valence-electron chi connectivity index (χ4n) is 2.73. The zero-order chi connectivity index (χ0) is 11.1. The van der Waals surface area contributed by atoms with Gasteiger partial charge in [0, 0.05) is 10.9 Å². The van der Waals surface area contributed by atoms with Crippen LogP contribution in [0, 0.1) is 11.3 Å². The highest BCUT2D eigenvalue weighted by Gasteiger charge is 2.38. The van der Waals surface area contributed by atoms with Crippen molar-refractivity contribution in [3.05, 3.63) is 21.3 Å². The first-order valence-corrected chi connectivity index (χ1v) is 6.71. The molecule has 0 saturated heterocycles. The minimum Gasteiger partial charge on any atom is -0.323 e. The Morgan fingerprint density at radius 1 is 1.53 bits per heavy atom. The second-order valence-electron chi connectivity index (χ2n) is 5.15. The maximum atomic E-state index is 6.34. The lowest BCUT2D eigenvalue weighted by molar-refractivity contribution is 0.224. The second kappa shape index (κ2) is 4.08. The summed E-state index contributed by atoms with van der Waals surface area (Å²) in [5, 5.41) is 0. The summed E-state index contributed by atoms with van der Waals surface area (Å²) in [5.74, 6) is 0.604. The summed E-state index contributed by atoms with van der Waals surface area (Å²) in [6.45, 7) is 4.67. The highest BCUT2D eigenvalue weighted by atomic mass is 35.5. The molecule has 0 amide bonds. The average molecular weight is 244 g/mol. The monoisotopic (exact) mass is 243 g/mol. The summed E-state index contributed by atoms with van der Waals surface area (Å²) < 4.78 is 0.844. The predicted molar refractivity (Wildman–Crippen MR) is 67.4 cm³/mol. The van der Waals surface area contributed by atoms with Crippen LogP contribution < -0.4 is 5.73 Å². The maximum absolute atomic E-state index is 6.34. The van der Waals surface area contributed by atoms with E-state index in [4.69, 9.17) is 17.3 Å². The Kier molecular flexibility index (Phi) is 3.11. The Bertz CT molecular complexity index is 345. The molecule has 1 aromatic rings. The van der Waals surface area contributed by atoms with Gasteiger partial charge in [0.1, 0.15) is 0 Å². The van der Waals surface area contributed by atoms with Crippen molar-refractivity contribution in [2.75, 3.05) is 0 Å². The van der Waals surface area contributed by atoms with Crippen molar-refractivity contribution in [1.82, 2.24) is 0 Å². The normalized spacial score (nSPS) is 26.8. The van der Waals surface area contributed by atoms with Gasteiger partial charge in [0.25, 0.3) is 0 Å². The fraction of sp³-hybridized carbons (Fsp3) is 0.667. The molecule has 0 aliphatic heterocycles. The number of halogens is 1. The number of hydrogen-bond acceptors (Lipinski definition) is 2. The Labute approximate surface area is 101 Å². The van der Waals surface area contributed by atoms with Gasteiger partial charge in [0.05, 0.1) is 4.34 Å². The van der Waals surface area contributed by atoms with E-state index in [1.807, 2.05) is 6.07 Å². The molecule has 0 aromatic carbocycles. The smallest absolute Gasteiger partial charge is 0.0931 e. The summed E-state index contributed by atoms with van der Waals surface area (Å²) in [7, 11) is 0. The first kappa shape index (κ1) is 11.4. The van der Waals surface area contributed by atoms with E-state index in [2.05, 4.69) is 19.9 Å². The molecule has 2 rings (SSSR count). The fourth-order valence-corrected chi connectivity index (χ4v) is 3.85. The molecule has 0 radical (unpaired) electrons. The van der Waals surface area contributed by atoms with Crippen LogP contribution in [-0.2, 0) is 0 Å². The first-order valence-electron chi connectivity index (χ1n) is 5.51.